The number of hydrogen-bond donors (Lipinski definition) is 2. The number of halogens is 1. The molecule has 2 N–H and O–H groups in total. The van der Waals surface area contributed by atoms with Crippen LogP contribution in [0, 0.1) is 5.82 Å². The highest BCUT2D eigenvalue weighted by Crippen LogP contribution is 2.32. The largest absolute Gasteiger partial charge is 0.392 e. The average molecular weight is 315 g/mol. The molecule has 1 fully saturated rings. The molecule has 4 heteroatoms. The lowest BCUT2D eigenvalue weighted by atomic mass is 9.82. The van der Waals surface area contributed by atoms with E-state index in [1.807, 2.05) is 36.4 Å². The van der Waals surface area contributed by atoms with Crippen LogP contribution in [0.15, 0.2) is 48.5 Å². The van der Waals surface area contributed by atoms with Crippen molar-refractivity contribution in [2.45, 2.75) is 31.5 Å². The summed E-state index contributed by atoms with van der Waals surface area (Å²) in [6, 6.07) is 14.7. The molecule has 3 rings (SSSR count). The monoisotopic (exact) mass is 315 g/mol. The van der Waals surface area contributed by atoms with Gasteiger partial charge in [-0.3, -0.25) is 0 Å². The Morgan fingerprint density at radius 3 is 2.17 bits per heavy atom. The molecule has 0 atom stereocenters. The highest BCUT2D eigenvalue weighted by atomic mass is 19.1. The standard InChI is InChI=1S/C19H22FNO2/c20-18-7-5-17(6-8-18)19(9-11-23-12-10-19)21-13-15-1-3-16(14-22)4-2-15/h1-8,21-22H,9-14H2. The molecule has 0 radical (unpaired) electrons. The molecule has 2 aromatic carbocycles. The minimum Gasteiger partial charge on any atom is -0.392 e. The summed E-state index contributed by atoms with van der Waals surface area (Å²) >= 11 is 0. The summed E-state index contributed by atoms with van der Waals surface area (Å²) in [4.78, 5) is 0. The quantitative estimate of drug-likeness (QED) is 0.891. The average Bonchev–Trinajstić information content (AvgIpc) is 2.62. The van der Waals surface area contributed by atoms with Crippen LogP contribution in [0.5, 0.6) is 0 Å². The normalized spacial score (nSPS) is 17.1. The minimum absolute atomic E-state index is 0.0601. The van der Waals surface area contributed by atoms with Gasteiger partial charge >= 0.3 is 0 Å². The third kappa shape index (κ3) is 3.78. The molecule has 0 unspecified atom stereocenters. The first kappa shape index (κ1) is 16.1. The Balaban J connectivity index is 1.77. The predicted molar refractivity (Wildman–Crippen MR) is 87.3 cm³/mol. The maximum Gasteiger partial charge on any atom is 0.123 e. The molecule has 0 aromatic heterocycles. The van der Waals surface area contributed by atoms with Crippen LogP contribution < -0.4 is 5.32 Å². The van der Waals surface area contributed by atoms with Gasteiger partial charge in [0.05, 0.1) is 6.61 Å². The molecule has 1 heterocycles. The fourth-order valence-electron chi connectivity index (χ4n) is 3.09. The van der Waals surface area contributed by atoms with Gasteiger partial charge in [-0.25, -0.2) is 4.39 Å². The van der Waals surface area contributed by atoms with Crippen LogP contribution in [0.4, 0.5) is 4.39 Å². The van der Waals surface area contributed by atoms with Crippen LogP contribution >= 0.6 is 0 Å². The van der Waals surface area contributed by atoms with Gasteiger partial charge in [0.25, 0.3) is 0 Å². The lowest BCUT2D eigenvalue weighted by molar-refractivity contribution is 0.0357. The van der Waals surface area contributed by atoms with Gasteiger partial charge < -0.3 is 15.2 Å². The summed E-state index contributed by atoms with van der Waals surface area (Å²) in [5.41, 5.74) is 3.00. The molecule has 23 heavy (non-hydrogen) atoms. The molecule has 2 aromatic rings. The van der Waals surface area contributed by atoms with E-state index in [4.69, 9.17) is 9.84 Å². The molecule has 3 nitrogen and oxygen atoms in total. The highest BCUT2D eigenvalue weighted by Gasteiger charge is 2.33. The van der Waals surface area contributed by atoms with Crippen molar-refractivity contribution in [3.63, 3.8) is 0 Å². The van der Waals surface area contributed by atoms with Crippen LogP contribution in [0.2, 0.25) is 0 Å². The number of hydrogen-bond acceptors (Lipinski definition) is 3. The predicted octanol–water partition coefficient (Wildman–Crippen LogP) is 3.11. The molecule has 1 aliphatic rings. The van der Waals surface area contributed by atoms with Gasteiger partial charge in [-0.05, 0) is 41.7 Å². The number of aliphatic hydroxyl groups excluding tert-OH is 1. The zero-order valence-electron chi connectivity index (χ0n) is 13.1. The van der Waals surface area contributed by atoms with Gasteiger partial charge in [-0.15, -0.1) is 0 Å². The van der Waals surface area contributed by atoms with Crippen LogP contribution in [-0.2, 0) is 23.4 Å². The van der Waals surface area contributed by atoms with Crippen molar-refractivity contribution in [2.75, 3.05) is 13.2 Å². The second-order valence-corrected chi connectivity index (χ2v) is 6.03. The number of nitrogens with one attached hydrogen (secondary N) is 1. The van der Waals surface area contributed by atoms with Crippen molar-refractivity contribution in [3.8, 4) is 0 Å². The summed E-state index contributed by atoms with van der Waals surface area (Å²) in [5.74, 6) is -0.212. The van der Waals surface area contributed by atoms with E-state index in [2.05, 4.69) is 5.32 Å². The molecule has 0 spiro atoms. The first-order chi connectivity index (χ1) is 11.2. The van der Waals surface area contributed by atoms with Gasteiger partial charge in [0.15, 0.2) is 0 Å². The summed E-state index contributed by atoms with van der Waals surface area (Å²) in [7, 11) is 0. The van der Waals surface area contributed by atoms with E-state index >= 15 is 0 Å². The van der Waals surface area contributed by atoms with Gasteiger partial charge in [0.1, 0.15) is 5.82 Å². The van der Waals surface area contributed by atoms with Crippen LogP contribution in [-0.4, -0.2) is 18.3 Å². The fraction of sp³-hybridized carbons (Fsp3) is 0.368. The van der Waals surface area contributed by atoms with Gasteiger partial charge in [0.2, 0.25) is 0 Å². The second-order valence-electron chi connectivity index (χ2n) is 6.03. The Kier molecular flexibility index (Phi) is 5.06. The lowest BCUT2D eigenvalue weighted by Gasteiger charge is -2.39. The maximum absolute atomic E-state index is 13.2. The molecule has 0 aliphatic carbocycles. The van der Waals surface area contributed by atoms with E-state index in [9.17, 15) is 4.39 Å². The zero-order valence-corrected chi connectivity index (χ0v) is 13.1. The van der Waals surface area contributed by atoms with Crippen molar-refractivity contribution in [3.05, 3.63) is 71.0 Å². The van der Waals surface area contributed by atoms with Crippen LogP contribution in [0.3, 0.4) is 0 Å². The van der Waals surface area contributed by atoms with Crippen molar-refractivity contribution >= 4 is 0 Å². The Hall–Kier alpha value is -1.75. The molecule has 0 bridgehead atoms. The maximum atomic E-state index is 13.2. The first-order valence-electron chi connectivity index (χ1n) is 7.99. The van der Waals surface area contributed by atoms with E-state index < -0.39 is 0 Å². The van der Waals surface area contributed by atoms with E-state index in [-0.39, 0.29) is 18.0 Å². The highest BCUT2D eigenvalue weighted by molar-refractivity contribution is 5.27. The topological polar surface area (TPSA) is 41.5 Å². The molecule has 0 saturated carbocycles. The SMILES string of the molecule is OCc1ccc(CNC2(c3ccc(F)cc3)CCOCC2)cc1. The van der Waals surface area contributed by atoms with E-state index in [1.54, 1.807) is 0 Å². The number of rotatable bonds is 5. The number of benzene rings is 2. The first-order valence-corrected chi connectivity index (χ1v) is 7.99. The second kappa shape index (κ2) is 7.21. The van der Waals surface area contributed by atoms with E-state index in [0.717, 1.165) is 36.1 Å². The molecule has 122 valence electrons. The zero-order chi connectivity index (χ0) is 16.1. The Morgan fingerprint density at radius 2 is 1.57 bits per heavy atom. The molecule has 0 amide bonds. The summed E-state index contributed by atoms with van der Waals surface area (Å²) in [5, 5.41) is 12.8. The van der Waals surface area contributed by atoms with Crippen molar-refractivity contribution < 1.29 is 14.2 Å². The summed E-state index contributed by atoms with van der Waals surface area (Å²) in [6.07, 6.45) is 1.74. The fourth-order valence-corrected chi connectivity index (χ4v) is 3.09. The van der Waals surface area contributed by atoms with E-state index in [0.29, 0.717) is 13.2 Å². The van der Waals surface area contributed by atoms with Crippen molar-refractivity contribution in [2.24, 2.45) is 0 Å². The Morgan fingerprint density at radius 1 is 0.957 bits per heavy atom. The van der Waals surface area contributed by atoms with E-state index in [1.165, 1.54) is 12.1 Å². The third-order valence-corrected chi connectivity index (χ3v) is 4.58. The summed E-state index contributed by atoms with van der Waals surface area (Å²) < 4.78 is 18.7. The van der Waals surface area contributed by atoms with Crippen molar-refractivity contribution in [1.29, 1.82) is 0 Å². The smallest absolute Gasteiger partial charge is 0.123 e. The Bertz CT molecular complexity index is 619. The molecule has 1 aliphatic heterocycles. The van der Waals surface area contributed by atoms with Crippen LogP contribution in [0.1, 0.15) is 29.5 Å². The third-order valence-electron chi connectivity index (χ3n) is 4.58. The van der Waals surface area contributed by atoms with Crippen LogP contribution in [0.25, 0.3) is 0 Å². The van der Waals surface area contributed by atoms with Gasteiger partial charge in [0, 0.05) is 25.3 Å². The van der Waals surface area contributed by atoms with Crippen molar-refractivity contribution in [1.82, 2.24) is 5.32 Å². The molecule has 1 saturated heterocycles. The Labute approximate surface area is 136 Å². The lowest BCUT2D eigenvalue weighted by Crippen LogP contribution is -2.46. The van der Waals surface area contributed by atoms with Gasteiger partial charge in [-0.2, -0.15) is 0 Å². The van der Waals surface area contributed by atoms with Gasteiger partial charge in [-0.1, -0.05) is 36.4 Å². The number of ether oxygens (including phenoxy) is 1. The summed E-state index contributed by atoms with van der Waals surface area (Å²) in [6.45, 7) is 2.19. The molecular weight excluding hydrogens is 293 g/mol. The minimum atomic E-state index is -0.212. The number of aliphatic hydroxyl groups is 1. The molecular formula is C19H22FNO2.